The van der Waals surface area contributed by atoms with Crippen LogP contribution in [0.2, 0.25) is 0 Å². The van der Waals surface area contributed by atoms with Crippen LogP contribution in [0.4, 0.5) is 5.69 Å². The van der Waals surface area contributed by atoms with Gasteiger partial charge in [-0.15, -0.1) is 0 Å². The molecule has 112 valence electrons. The molecule has 9 heteroatoms. The SMILES string of the molecule is CCn1ncc([N+](=O)[O-])c1C(=O)N(C)Cc1ccnn1C. The Morgan fingerprint density at radius 3 is 2.71 bits per heavy atom. The molecule has 1 amide bonds. The third-order valence-corrected chi connectivity index (χ3v) is 3.19. The van der Waals surface area contributed by atoms with Crippen molar-refractivity contribution >= 4 is 11.6 Å². The average Bonchev–Trinajstić information content (AvgIpc) is 3.04. The summed E-state index contributed by atoms with van der Waals surface area (Å²) >= 11 is 0. The van der Waals surface area contributed by atoms with E-state index in [1.54, 1.807) is 38.0 Å². The number of rotatable bonds is 5. The summed E-state index contributed by atoms with van der Waals surface area (Å²) in [7, 11) is 3.36. The van der Waals surface area contributed by atoms with Gasteiger partial charge in [0.15, 0.2) is 0 Å². The first-order chi connectivity index (χ1) is 9.95. The van der Waals surface area contributed by atoms with E-state index in [-0.39, 0.29) is 11.4 Å². The van der Waals surface area contributed by atoms with E-state index >= 15 is 0 Å². The monoisotopic (exact) mass is 292 g/mol. The fourth-order valence-electron chi connectivity index (χ4n) is 2.02. The highest BCUT2D eigenvalue weighted by molar-refractivity contribution is 5.96. The number of carbonyl (C=O) groups excluding carboxylic acids is 1. The summed E-state index contributed by atoms with van der Waals surface area (Å²) in [6.45, 7) is 2.46. The van der Waals surface area contributed by atoms with Gasteiger partial charge in [0.05, 0.1) is 17.2 Å². The lowest BCUT2D eigenvalue weighted by Gasteiger charge is -2.17. The standard InChI is InChI=1S/C12H16N6O3/c1-4-17-11(10(7-14-17)18(20)21)12(19)15(2)8-9-5-6-13-16(9)3/h5-7H,4,8H2,1-3H3. The van der Waals surface area contributed by atoms with Crippen LogP contribution in [-0.2, 0) is 20.1 Å². The van der Waals surface area contributed by atoms with E-state index in [1.807, 2.05) is 0 Å². The van der Waals surface area contributed by atoms with Gasteiger partial charge in [-0.1, -0.05) is 0 Å². The second kappa shape index (κ2) is 5.73. The minimum atomic E-state index is -0.593. The van der Waals surface area contributed by atoms with E-state index in [4.69, 9.17) is 0 Å². The summed E-state index contributed by atoms with van der Waals surface area (Å²) < 4.78 is 2.98. The molecule has 2 aromatic heterocycles. The normalized spacial score (nSPS) is 10.6. The molecule has 0 fully saturated rings. The zero-order valence-electron chi connectivity index (χ0n) is 12.1. The highest BCUT2D eigenvalue weighted by Crippen LogP contribution is 2.20. The van der Waals surface area contributed by atoms with Crippen LogP contribution in [-0.4, -0.2) is 42.3 Å². The number of aromatic nitrogens is 4. The van der Waals surface area contributed by atoms with Crippen LogP contribution in [0.3, 0.4) is 0 Å². The summed E-state index contributed by atoms with van der Waals surface area (Å²) in [5, 5.41) is 18.9. The first-order valence-electron chi connectivity index (χ1n) is 6.38. The Kier molecular flexibility index (Phi) is 4.01. The van der Waals surface area contributed by atoms with Gasteiger partial charge in [-0.25, -0.2) is 0 Å². The molecular weight excluding hydrogens is 276 g/mol. The number of hydrogen-bond donors (Lipinski definition) is 0. The minimum Gasteiger partial charge on any atom is -0.334 e. The van der Waals surface area contributed by atoms with Gasteiger partial charge in [-0.2, -0.15) is 10.2 Å². The number of carbonyl (C=O) groups is 1. The van der Waals surface area contributed by atoms with Crippen molar-refractivity contribution in [3.63, 3.8) is 0 Å². The number of hydrogen-bond acceptors (Lipinski definition) is 5. The maximum Gasteiger partial charge on any atom is 0.320 e. The van der Waals surface area contributed by atoms with Crippen LogP contribution >= 0.6 is 0 Å². The Hall–Kier alpha value is -2.71. The predicted octanol–water partition coefficient (Wildman–Crippen LogP) is 0.817. The van der Waals surface area contributed by atoms with E-state index in [2.05, 4.69) is 10.2 Å². The zero-order chi connectivity index (χ0) is 15.6. The lowest BCUT2D eigenvalue weighted by atomic mass is 10.3. The van der Waals surface area contributed by atoms with Crippen molar-refractivity contribution in [1.82, 2.24) is 24.5 Å². The molecule has 0 spiro atoms. The molecule has 0 radical (unpaired) electrons. The van der Waals surface area contributed by atoms with Gasteiger partial charge in [0.1, 0.15) is 6.20 Å². The molecule has 2 aromatic rings. The average molecular weight is 292 g/mol. The molecule has 0 aliphatic rings. The van der Waals surface area contributed by atoms with Gasteiger partial charge in [-0.05, 0) is 13.0 Å². The summed E-state index contributed by atoms with van der Waals surface area (Å²) in [6.07, 6.45) is 2.74. The van der Waals surface area contributed by atoms with Gasteiger partial charge < -0.3 is 4.90 Å². The Labute approximate surface area is 120 Å². The van der Waals surface area contributed by atoms with E-state index in [9.17, 15) is 14.9 Å². The topological polar surface area (TPSA) is 99.1 Å². The van der Waals surface area contributed by atoms with E-state index in [1.165, 1.54) is 9.58 Å². The molecule has 0 N–H and O–H groups in total. The fraction of sp³-hybridized carbons (Fsp3) is 0.417. The molecular formula is C12H16N6O3. The molecule has 0 saturated heterocycles. The summed E-state index contributed by atoms with van der Waals surface area (Å²) in [5.41, 5.74) is 0.543. The lowest BCUT2D eigenvalue weighted by Crippen LogP contribution is -2.29. The third kappa shape index (κ3) is 2.76. The highest BCUT2D eigenvalue weighted by Gasteiger charge is 2.28. The van der Waals surface area contributed by atoms with Crippen LogP contribution in [0.1, 0.15) is 23.1 Å². The van der Waals surface area contributed by atoms with Crippen molar-refractivity contribution in [2.24, 2.45) is 7.05 Å². The van der Waals surface area contributed by atoms with Crippen molar-refractivity contribution < 1.29 is 9.72 Å². The van der Waals surface area contributed by atoms with Gasteiger partial charge in [0, 0.05) is 26.8 Å². The van der Waals surface area contributed by atoms with Crippen molar-refractivity contribution in [1.29, 1.82) is 0 Å². The number of aryl methyl sites for hydroxylation is 2. The molecule has 0 aliphatic carbocycles. The van der Waals surface area contributed by atoms with Crippen molar-refractivity contribution in [2.75, 3.05) is 7.05 Å². The molecule has 21 heavy (non-hydrogen) atoms. The van der Waals surface area contributed by atoms with Crippen molar-refractivity contribution in [3.8, 4) is 0 Å². The fourth-order valence-corrected chi connectivity index (χ4v) is 2.02. The molecule has 0 aliphatic heterocycles. The maximum absolute atomic E-state index is 12.5. The number of amides is 1. The van der Waals surface area contributed by atoms with Crippen LogP contribution in [0, 0.1) is 10.1 Å². The van der Waals surface area contributed by atoms with Gasteiger partial charge >= 0.3 is 5.69 Å². The summed E-state index contributed by atoms with van der Waals surface area (Å²) in [6, 6.07) is 1.79. The number of nitro groups is 1. The molecule has 9 nitrogen and oxygen atoms in total. The van der Waals surface area contributed by atoms with Crippen LogP contribution < -0.4 is 0 Å². The molecule has 2 rings (SSSR count). The first-order valence-corrected chi connectivity index (χ1v) is 6.38. The van der Waals surface area contributed by atoms with Crippen LogP contribution in [0.25, 0.3) is 0 Å². The van der Waals surface area contributed by atoms with Crippen LogP contribution in [0.5, 0.6) is 0 Å². The quantitative estimate of drug-likeness (QED) is 0.600. The van der Waals surface area contributed by atoms with E-state index in [0.717, 1.165) is 11.9 Å². The van der Waals surface area contributed by atoms with E-state index in [0.29, 0.717) is 13.1 Å². The zero-order valence-corrected chi connectivity index (χ0v) is 12.1. The first kappa shape index (κ1) is 14.7. The predicted molar refractivity (Wildman–Crippen MR) is 73.6 cm³/mol. The van der Waals surface area contributed by atoms with Crippen molar-refractivity contribution in [3.05, 3.63) is 40.0 Å². The molecule has 0 saturated carbocycles. The summed E-state index contributed by atoms with van der Waals surface area (Å²) in [4.78, 5) is 24.3. The van der Waals surface area contributed by atoms with Crippen LogP contribution in [0.15, 0.2) is 18.5 Å². The Bertz CT molecular complexity index is 674. The lowest BCUT2D eigenvalue weighted by molar-refractivity contribution is -0.385. The van der Waals surface area contributed by atoms with Gasteiger partial charge in [0.2, 0.25) is 5.69 Å². The molecule has 2 heterocycles. The molecule has 0 aromatic carbocycles. The Morgan fingerprint density at radius 2 is 2.19 bits per heavy atom. The molecule has 0 unspecified atom stereocenters. The Balaban J connectivity index is 2.29. The second-order valence-corrected chi connectivity index (χ2v) is 4.56. The number of nitrogens with zero attached hydrogens (tertiary/aromatic N) is 6. The largest absolute Gasteiger partial charge is 0.334 e. The second-order valence-electron chi connectivity index (χ2n) is 4.56. The van der Waals surface area contributed by atoms with E-state index < -0.39 is 10.8 Å². The highest BCUT2D eigenvalue weighted by atomic mass is 16.6. The van der Waals surface area contributed by atoms with Gasteiger partial charge in [-0.3, -0.25) is 24.3 Å². The third-order valence-electron chi connectivity index (χ3n) is 3.19. The molecule has 0 bridgehead atoms. The maximum atomic E-state index is 12.5. The smallest absolute Gasteiger partial charge is 0.320 e. The minimum absolute atomic E-state index is 0.00725. The van der Waals surface area contributed by atoms with Crippen molar-refractivity contribution in [2.45, 2.75) is 20.0 Å². The molecule has 0 atom stereocenters. The Morgan fingerprint density at radius 1 is 1.48 bits per heavy atom. The van der Waals surface area contributed by atoms with Gasteiger partial charge in [0.25, 0.3) is 5.91 Å². The summed E-state index contributed by atoms with van der Waals surface area (Å²) in [5.74, 6) is -0.442.